The zero-order valence-corrected chi connectivity index (χ0v) is 15.3. The van der Waals surface area contributed by atoms with Crippen molar-refractivity contribution in [3.05, 3.63) is 86.7 Å². The number of carbonyl (C=O) groups excluding carboxylic acids is 1. The molecule has 3 aromatic rings. The Morgan fingerprint density at radius 3 is 2.40 bits per heavy atom. The second-order valence-electron chi connectivity index (χ2n) is 5.78. The molecular weight excluding hydrogens is 396 g/mol. The second-order valence-corrected chi connectivity index (χ2v) is 5.78. The maximum Gasteiger partial charge on any atom is 0.310 e. The van der Waals surface area contributed by atoms with E-state index in [1.807, 2.05) is 0 Å². The molecular formula is C19H14N4O7. The number of amides is 1. The molecule has 152 valence electrons. The second kappa shape index (κ2) is 9.10. The van der Waals surface area contributed by atoms with Crippen LogP contribution in [-0.4, -0.2) is 28.6 Å². The molecule has 0 saturated heterocycles. The molecule has 0 saturated carbocycles. The Balaban J connectivity index is 1.59. The van der Waals surface area contributed by atoms with Crippen molar-refractivity contribution >= 4 is 23.5 Å². The molecule has 0 bridgehead atoms. The molecule has 1 amide bonds. The Labute approximate surface area is 168 Å². The number of nitrogens with zero attached hydrogens (tertiary/aromatic N) is 3. The number of rotatable bonds is 8. The highest BCUT2D eigenvalue weighted by molar-refractivity contribution is 5.82. The van der Waals surface area contributed by atoms with Crippen molar-refractivity contribution in [3.63, 3.8) is 0 Å². The lowest BCUT2D eigenvalue weighted by molar-refractivity contribution is -0.385. The number of benzene rings is 2. The molecule has 0 aliphatic rings. The Morgan fingerprint density at radius 2 is 1.67 bits per heavy atom. The van der Waals surface area contributed by atoms with E-state index in [0.29, 0.717) is 5.56 Å². The van der Waals surface area contributed by atoms with Gasteiger partial charge in [0.2, 0.25) is 0 Å². The van der Waals surface area contributed by atoms with Crippen LogP contribution >= 0.6 is 0 Å². The molecule has 0 aliphatic carbocycles. The van der Waals surface area contributed by atoms with Crippen LogP contribution in [0.4, 0.5) is 11.4 Å². The van der Waals surface area contributed by atoms with E-state index in [9.17, 15) is 25.0 Å². The summed E-state index contributed by atoms with van der Waals surface area (Å²) in [4.78, 5) is 32.7. The molecule has 1 N–H and O–H groups in total. The van der Waals surface area contributed by atoms with Crippen LogP contribution in [0.2, 0.25) is 0 Å². The van der Waals surface area contributed by atoms with Gasteiger partial charge in [0, 0.05) is 12.1 Å². The molecule has 0 spiro atoms. The van der Waals surface area contributed by atoms with E-state index in [2.05, 4.69) is 10.5 Å². The summed E-state index contributed by atoms with van der Waals surface area (Å²) in [7, 11) is 0. The van der Waals surface area contributed by atoms with Gasteiger partial charge in [0.1, 0.15) is 11.5 Å². The van der Waals surface area contributed by atoms with E-state index in [4.69, 9.17) is 9.15 Å². The first kappa shape index (κ1) is 20.2. The third-order valence-corrected chi connectivity index (χ3v) is 3.79. The van der Waals surface area contributed by atoms with Crippen molar-refractivity contribution in [1.82, 2.24) is 5.43 Å². The minimum atomic E-state index is -0.644. The normalized spacial score (nSPS) is 10.7. The Bertz CT molecular complexity index is 1120. The number of ether oxygens (including phenoxy) is 1. The first-order valence-corrected chi connectivity index (χ1v) is 8.47. The summed E-state index contributed by atoms with van der Waals surface area (Å²) in [5.74, 6) is -0.158. The van der Waals surface area contributed by atoms with Gasteiger partial charge in [-0.2, -0.15) is 5.10 Å². The lowest BCUT2D eigenvalue weighted by Crippen LogP contribution is -2.24. The van der Waals surface area contributed by atoms with Crippen LogP contribution < -0.4 is 10.2 Å². The number of para-hydroxylation sites is 3. The van der Waals surface area contributed by atoms with Crippen LogP contribution in [0.15, 0.2) is 70.2 Å². The van der Waals surface area contributed by atoms with Crippen molar-refractivity contribution in [1.29, 1.82) is 0 Å². The quantitative estimate of drug-likeness (QED) is 0.340. The van der Waals surface area contributed by atoms with Gasteiger partial charge in [-0.1, -0.05) is 24.3 Å². The number of hydrazone groups is 1. The lowest BCUT2D eigenvalue weighted by atomic mass is 10.1. The maximum atomic E-state index is 11.8. The zero-order valence-electron chi connectivity index (χ0n) is 15.3. The molecule has 0 radical (unpaired) electrons. The third kappa shape index (κ3) is 4.84. The van der Waals surface area contributed by atoms with Gasteiger partial charge >= 0.3 is 5.69 Å². The first-order valence-electron chi connectivity index (χ1n) is 8.47. The summed E-state index contributed by atoms with van der Waals surface area (Å²) < 4.78 is 10.6. The minimum Gasteiger partial charge on any atom is -0.477 e. The number of nitro groups is 2. The SMILES string of the molecule is O=C(COc1ccccc1[N+](=O)[O-])NN=Cc1ccc(-c2ccccc2[N+](=O)[O-])o1. The summed E-state index contributed by atoms with van der Waals surface area (Å²) in [6, 6.07) is 14.9. The van der Waals surface area contributed by atoms with Gasteiger partial charge in [-0.05, 0) is 24.3 Å². The summed E-state index contributed by atoms with van der Waals surface area (Å²) in [5, 5.41) is 25.7. The van der Waals surface area contributed by atoms with Crippen LogP contribution in [-0.2, 0) is 4.79 Å². The van der Waals surface area contributed by atoms with Crippen molar-refractivity contribution in [3.8, 4) is 17.1 Å². The van der Waals surface area contributed by atoms with Crippen molar-refractivity contribution < 1.29 is 23.8 Å². The predicted molar refractivity (Wildman–Crippen MR) is 105 cm³/mol. The van der Waals surface area contributed by atoms with Gasteiger partial charge in [0.05, 0.1) is 21.6 Å². The van der Waals surface area contributed by atoms with Gasteiger partial charge in [0.15, 0.2) is 12.4 Å². The summed E-state index contributed by atoms with van der Waals surface area (Å²) >= 11 is 0. The number of nitro benzene ring substituents is 2. The van der Waals surface area contributed by atoms with E-state index < -0.39 is 22.4 Å². The van der Waals surface area contributed by atoms with Crippen LogP contribution in [0.1, 0.15) is 5.76 Å². The molecule has 0 unspecified atom stereocenters. The molecule has 30 heavy (non-hydrogen) atoms. The van der Waals surface area contributed by atoms with Gasteiger partial charge < -0.3 is 9.15 Å². The monoisotopic (exact) mass is 410 g/mol. The predicted octanol–water partition coefficient (Wildman–Crippen LogP) is 3.29. The fourth-order valence-corrected chi connectivity index (χ4v) is 2.48. The molecule has 3 rings (SSSR count). The topological polar surface area (TPSA) is 150 Å². The van der Waals surface area contributed by atoms with Gasteiger partial charge in [-0.25, -0.2) is 5.43 Å². The fraction of sp³-hybridized carbons (Fsp3) is 0.0526. The van der Waals surface area contributed by atoms with Gasteiger partial charge in [-0.15, -0.1) is 0 Å². The van der Waals surface area contributed by atoms with E-state index in [1.54, 1.807) is 30.3 Å². The number of hydrogen-bond donors (Lipinski definition) is 1. The van der Waals surface area contributed by atoms with Crippen LogP contribution in [0.5, 0.6) is 5.75 Å². The van der Waals surface area contributed by atoms with Crippen molar-refractivity contribution in [2.24, 2.45) is 5.10 Å². The Kier molecular flexibility index (Phi) is 6.13. The van der Waals surface area contributed by atoms with Crippen molar-refractivity contribution in [2.45, 2.75) is 0 Å². The van der Waals surface area contributed by atoms with Crippen molar-refractivity contribution in [2.75, 3.05) is 6.61 Å². The van der Waals surface area contributed by atoms with E-state index in [0.717, 1.165) is 0 Å². The van der Waals surface area contributed by atoms with E-state index in [1.165, 1.54) is 36.5 Å². The van der Waals surface area contributed by atoms with Gasteiger partial charge in [0.25, 0.3) is 11.6 Å². The minimum absolute atomic E-state index is 0.0400. The zero-order chi connectivity index (χ0) is 21.5. The Hall–Kier alpha value is -4.54. The smallest absolute Gasteiger partial charge is 0.310 e. The number of carbonyl (C=O) groups is 1. The van der Waals surface area contributed by atoms with E-state index >= 15 is 0 Å². The molecule has 0 atom stereocenters. The first-order chi connectivity index (χ1) is 14.5. The third-order valence-electron chi connectivity index (χ3n) is 3.79. The molecule has 2 aromatic carbocycles. The maximum absolute atomic E-state index is 11.8. The highest BCUT2D eigenvalue weighted by atomic mass is 16.6. The molecule has 0 aliphatic heterocycles. The molecule has 11 nitrogen and oxygen atoms in total. The summed E-state index contributed by atoms with van der Waals surface area (Å²) in [6.45, 7) is -0.484. The standard InChI is InChI=1S/C19H14N4O7/c24-19(12-29-18-8-4-3-7-16(18)23(27)28)21-20-11-13-9-10-17(30-13)14-5-1-2-6-15(14)22(25)26/h1-11H,12H2,(H,21,24). The number of furan rings is 1. The molecule has 1 aromatic heterocycles. The molecule has 11 heteroatoms. The van der Waals surface area contributed by atoms with Gasteiger partial charge in [-0.3, -0.25) is 25.0 Å². The largest absolute Gasteiger partial charge is 0.477 e. The van der Waals surface area contributed by atoms with Crippen LogP contribution in [0, 0.1) is 20.2 Å². The van der Waals surface area contributed by atoms with Crippen LogP contribution in [0.3, 0.4) is 0 Å². The highest BCUT2D eigenvalue weighted by Crippen LogP contribution is 2.30. The average molecular weight is 410 g/mol. The summed E-state index contributed by atoms with van der Waals surface area (Å²) in [6.07, 6.45) is 1.21. The number of nitrogens with one attached hydrogen (secondary N) is 1. The lowest BCUT2D eigenvalue weighted by Gasteiger charge is -2.05. The van der Waals surface area contributed by atoms with E-state index in [-0.39, 0.29) is 28.6 Å². The number of hydrogen-bond acceptors (Lipinski definition) is 8. The average Bonchev–Trinajstić information content (AvgIpc) is 3.21. The fourth-order valence-electron chi connectivity index (χ4n) is 2.48. The highest BCUT2D eigenvalue weighted by Gasteiger charge is 2.17. The molecule has 1 heterocycles. The molecule has 0 fully saturated rings. The van der Waals surface area contributed by atoms with Crippen LogP contribution in [0.25, 0.3) is 11.3 Å². The Morgan fingerprint density at radius 1 is 1.00 bits per heavy atom. The summed E-state index contributed by atoms with van der Waals surface area (Å²) in [5.41, 5.74) is 2.15.